The van der Waals surface area contributed by atoms with Gasteiger partial charge in [-0.25, -0.2) is 0 Å². The molecular weight excluding hydrogens is 306 g/mol. The monoisotopic (exact) mass is 329 g/mol. The Morgan fingerprint density at radius 1 is 0.920 bits per heavy atom. The molecule has 0 bridgehead atoms. The topological polar surface area (TPSA) is 20.3 Å². The van der Waals surface area contributed by atoms with Crippen LogP contribution >= 0.6 is 0 Å². The van der Waals surface area contributed by atoms with E-state index in [9.17, 15) is 4.79 Å². The van der Waals surface area contributed by atoms with Gasteiger partial charge in [0.15, 0.2) is 5.78 Å². The molecule has 2 heteroatoms. The number of Topliss-reactive ketones (excluding diaryl/α,β-unsaturated/α-hetero) is 1. The third-order valence-electron chi connectivity index (χ3n) is 5.29. The Hall–Kier alpha value is -2.45. The fourth-order valence-electron chi connectivity index (χ4n) is 3.90. The van der Waals surface area contributed by atoms with Gasteiger partial charge in [0.25, 0.3) is 0 Å². The zero-order chi connectivity index (χ0) is 17.1. The Morgan fingerprint density at radius 2 is 1.68 bits per heavy atom. The molecule has 2 nitrogen and oxygen atoms in total. The quantitative estimate of drug-likeness (QED) is 0.620. The summed E-state index contributed by atoms with van der Waals surface area (Å²) in [5.74, 6) is 0.855. The molecule has 1 unspecified atom stereocenters. The lowest BCUT2D eigenvalue weighted by molar-refractivity contribution is 0.0970. The second kappa shape index (κ2) is 7.20. The minimum atomic E-state index is 0.250. The first kappa shape index (κ1) is 16.0. The lowest BCUT2D eigenvalue weighted by Gasteiger charge is -2.16. The summed E-state index contributed by atoms with van der Waals surface area (Å²) in [5, 5.41) is 2.21. The van der Waals surface area contributed by atoms with E-state index < -0.39 is 0 Å². The molecule has 1 saturated heterocycles. The highest BCUT2D eigenvalue weighted by Crippen LogP contribution is 2.27. The summed E-state index contributed by atoms with van der Waals surface area (Å²) in [4.78, 5) is 15.2. The van der Waals surface area contributed by atoms with E-state index in [1.807, 2.05) is 30.3 Å². The van der Waals surface area contributed by atoms with Crippen LogP contribution in [0.2, 0.25) is 0 Å². The zero-order valence-corrected chi connectivity index (χ0v) is 14.4. The van der Waals surface area contributed by atoms with Gasteiger partial charge in [0, 0.05) is 25.1 Å². The molecule has 0 saturated carbocycles. The molecule has 0 aliphatic carbocycles. The van der Waals surface area contributed by atoms with Gasteiger partial charge in [0.05, 0.1) is 0 Å². The van der Waals surface area contributed by atoms with Gasteiger partial charge < -0.3 is 4.90 Å². The molecule has 3 aromatic rings. The fraction of sp³-hybridized carbons (Fsp3) is 0.261. The van der Waals surface area contributed by atoms with Crippen molar-refractivity contribution in [3.63, 3.8) is 0 Å². The maximum absolute atomic E-state index is 12.7. The molecule has 0 N–H and O–H groups in total. The zero-order valence-electron chi connectivity index (χ0n) is 14.4. The summed E-state index contributed by atoms with van der Waals surface area (Å²) < 4.78 is 0. The molecule has 3 aromatic carbocycles. The number of nitrogens with zero attached hydrogens (tertiary/aromatic N) is 1. The van der Waals surface area contributed by atoms with Crippen molar-refractivity contribution >= 4 is 16.6 Å². The van der Waals surface area contributed by atoms with Crippen molar-refractivity contribution in [3.05, 3.63) is 83.9 Å². The average Bonchev–Trinajstić information content (AvgIpc) is 3.15. The van der Waals surface area contributed by atoms with Crippen LogP contribution in [0.4, 0.5) is 0 Å². The lowest BCUT2D eigenvalue weighted by Crippen LogP contribution is -2.23. The molecule has 4 rings (SSSR count). The van der Waals surface area contributed by atoms with Crippen LogP contribution in [0.1, 0.15) is 34.7 Å². The van der Waals surface area contributed by atoms with Crippen molar-refractivity contribution in [1.29, 1.82) is 0 Å². The standard InChI is InChI=1S/C23H23NO/c25-23(22-12-6-10-19-9-4-5-11-21(19)22)14-16-24-15-13-20(17-24)18-7-2-1-3-8-18/h1-12,20H,13-17H2. The molecule has 1 aliphatic rings. The van der Waals surface area contributed by atoms with E-state index in [1.54, 1.807) is 0 Å². The first-order chi connectivity index (χ1) is 12.3. The van der Waals surface area contributed by atoms with E-state index in [-0.39, 0.29) is 5.78 Å². The Morgan fingerprint density at radius 3 is 2.56 bits per heavy atom. The van der Waals surface area contributed by atoms with Crippen molar-refractivity contribution < 1.29 is 4.79 Å². The number of hydrogen-bond acceptors (Lipinski definition) is 2. The molecule has 1 fully saturated rings. The molecule has 1 aliphatic heterocycles. The van der Waals surface area contributed by atoms with E-state index in [4.69, 9.17) is 0 Å². The Labute approximate surface area is 149 Å². The van der Waals surface area contributed by atoms with E-state index in [0.717, 1.165) is 36.0 Å². The van der Waals surface area contributed by atoms with Crippen LogP contribution in [0.5, 0.6) is 0 Å². The van der Waals surface area contributed by atoms with Gasteiger partial charge in [-0.1, -0.05) is 72.8 Å². The van der Waals surface area contributed by atoms with E-state index in [0.29, 0.717) is 12.3 Å². The minimum absolute atomic E-state index is 0.250. The number of fused-ring (bicyclic) bond motifs is 1. The van der Waals surface area contributed by atoms with Gasteiger partial charge in [-0.15, -0.1) is 0 Å². The van der Waals surface area contributed by atoms with Gasteiger partial charge in [0.2, 0.25) is 0 Å². The largest absolute Gasteiger partial charge is 0.302 e. The minimum Gasteiger partial charge on any atom is -0.302 e. The molecule has 1 heterocycles. The van der Waals surface area contributed by atoms with Gasteiger partial charge in [0.1, 0.15) is 0 Å². The molecule has 25 heavy (non-hydrogen) atoms. The maximum atomic E-state index is 12.7. The van der Waals surface area contributed by atoms with Crippen LogP contribution in [0.25, 0.3) is 10.8 Å². The number of benzene rings is 3. The van der Waals surface area contributed by atoms with Crippen LogP contribution in [0.3, 0.4) is 0 Å². The lowest BCUT2D eigenvalue weighted by atomic mass is 9.99. The van der Waals surface area contributed by atoms with Gasteiger partial charge in [-0.3, -0.25) is 4.79 Å². The summed E-state index contributed by atoms with van der Waals surface area (Å²) in [6, 6.07) is 24.9. The first-order valence-electron chi connectivity index (χ1n) is 9.09. The number of hydrogen-bond donors (Lipinski definition) is 0. The number of likely N-dealkylation sites (tertiary alicyclic amines) is 1. The number of rotatable bonds is 5. The fourth-order valence-corrected chi connectivity index (χ4v) is 3.90. The van der Waals surface area contributed by atoms with Crippen molar-refractivity contribution in [2.45, 2.75) is 18.8 Å². The third-order valence-corrected chi connectivity index (χ3v) is 5.29. The molecular formula is C23H23NO. The SMILES string of the molecule is O=C(CCN1CCC(c2ccccc2)C1)c1cccc2ccccc12. The third kappa shape index (κ3) is 3.49. The van der Waals surface area contributed by atoms with Crippen molar-refractivity contribution in [1.82, 2.24) is 4.90 Å². The highest BCUT2D eigenvalue weighted by molar-refractivity contribution is 6.08. The first-order valence-corrected chi connectivity index (χ1v) is 9.09. The maximum Gasteiger partial charge on any atom is 0.164 e. The van der Waals surface area contributed by atoms with Crippen LogP contribution < -0.4 is 0 Å². The highest BCUT2D eigenvalue weighted by atomic mass is 16.1. The molecule has 0 aromatic heterocycles. The average molecular weight is 329 g/mol. The Kier molecular flexibility index (Phi) is 4.62. The van der Waals surface area contributed by atoms with Crippen LogP contribution in [-0.2, 0) is 0 Å². The normalized spacial score (nSPS) is 17.8. The van der Waals surface area contributed by atoms with Crippen molar-refractivity contribution in [2.24, 2.45) is 0 Å². The molecule has 0 amide bonds. The summed E-state index contributed by atoms with van der Waals surface area (Å²) in [6.07, 6.45) is 1.78. The van der Waals surface area contributed by atoms with E-state index in [2.05, 4.69) is 47.4 Å². The molecule has 126 valence electrons. The second-order valence-electron chi connectivity index (χ2n) is 6.90. The van der Waals surface area contributed by atoms with Crippen LogP contribution in [-0.4, -0.2) is 30.3 Å². The van der Waals surface area contributed by atoms with Gasteiger partial charge in [-0.05, 0) is 35.2 Å². The number of carbonyl (C=O) groups excluding carboxylic acids is 1. The summed E-state index contributed by atoms with van der Waals surface area (Å²) in [5.41, 5.74) is 2.28. The van der Waals surface area contributed by atoms with E-state index in [1.165, 1.54) is 12.0 Å². The molecule has 1 atom stereocenters. The number of carbonyl (C=O) groups is 1. The summed E-state index contributed by atoms with van der Waals surface area (Å²) in [6.45, 7) is 3.00. The predicted octanol–water partition coefficient (Wildman–Crippen LogP) is 4.90. The van der Waals surface area contributed by atoms with Crippen LogP contribution in [0.15, 0.2) is 72.8 Å². The van der Waals surface area contributed by atoms with E-state index >= 15 is 0 Å². The van der Waals surface area contributed by atoms with Crippen molar-refractivity contribution in [2.75, 3.05) is 19.6 Å². The van der Waals surface area contributed by atoms with Gasteiger partial charge in [-0.2, -0.15) is 0 Å². The summed E-state index contributed by atoms with van der Waals surface area (Å²) >= 11 is 0. The Balaban J connectivity index is 1.39. The smallest absolute Gasteiger partial charge is 0.164 e. The molecule has 0 radical (unpaired) electrons. The van der Waals surface area contributed by atoms with Crippen molar-refractivity contribution in [3.8, 4) is 0 Å². The second-order valence-corrected chi connectivity index (χ2v) is 6.90. The highest BCUT2D eigenvalue weighted by Gasteiger charge is 2.24. The summed E-state index contributed by atoms with van der Waals surface area (Å²) in [7, 11) is 0. The van der Waals surface area contributed by atoms with Gasteiger partial charge >= 0.3 is 0 Å². The predicted molar refractivity (Wildman–Crippen MR) is 103 cm³/mol. The molecule has 0 spiro atoms. The Bertz CT molecular complexity index is 866. The number of ketones is 1. The van der Waals surface area contributed by atoms with Crippen LogP contribution in [0, 0.1) is 0 Å².